The molecule has 0 aliphatic carbocycles. The smallest absolute Gasteiger partial charge is 0.344 e. The van der Waals surface area contributed by atoms with Crippen LogP contribution >= 0.6 is 0 Å². The van der Waals surface area contributed by atoms with Gasteiger partial charge in [-0.2, -0.15) is 0 Å². The van der Waals surface area contributed by atoms with E-state index >= 15 is 0 Å². The molecule has 0 radical (unpaired) electrons. The lowest BCUT2D eigenvalue weighted by molar-refractivity contribution is -0.144. The van der Waals surface area contributed by atoms with E-state index in [2.05, 4.69) is 0 Å². The van der Waals surface area contributed by atoms with Crippen molar-refractivity contribution in [2.75, 3.05) is 13.2 Å². The summed E-state index contributed by atoms with van der Waals surface area (Å²) in [7, 11) is 0. The van der Waals surface area contributed by atoms with Crippen molar-refractivity contribution in [2.24, 2.45) is 0 Å². The topological polar surface area (TPSA) is 95.2 Å². The van der Waals surface area contributed by atoms with Crippen molar-refractivity contribution in [2.45, 2.75) is 26.4 Å². The predicted octanol–water partition coefficient (Wildman–Crippen LogP) is 3.65. The highest BCUT2D eigenvalue weighted by Gasteiger charge is 2.20. The van der Waals surface area contributed by atoms with E-state index in [9.17, 15) is 9.59 Å². The summed E-state index contributed by atoms with van der Waals surface area (Å²) in [6.07, 6.45) is -0.507. The first kappa shape index (κ1) is 18.9. The SMILES string of the molecule is CCc1oc2cc(OC(C)C(=O)O)ccc2c(=O)c1-c1ccc2c(c1)OCCO2. The van der Waals surface area contributed by atoms with Gasteiger partial charge in [-0.3, -0.25) is 4.79 Å². The van der Waals surface area contributed by atoms with Gasteiger partial charge in [0, 0.05) is 12.5 Å². The third kappa shape index (κ3) is 3.51. The van der Waals surface area contributed by atoms with Crippen LogP contribution in [0.3, 0.4) is 0 Å². The molecular formula is C22H20O7. The molecule has 29 heavy (non-hydrogen) atoms. The van der Waals surface area contributed by atoms with Gasteiger partial charge in [0.25, 0.3) is 0 Å². The second-order valence-corrected chi connectivity index (χ2v) is 6.70. The van der Waals surface area contributed by atoms with Gasteiger partial charge in [0.15, 0.2) is 17.6 Å². The predicted molar refractivity (Wildman–Crippen MR) is 106 cm³/mol. The summed E-state index contributed by atoms with van der Waals surface area (Å²) in [6.45, 7) is 4.29. The van der Waals surface area contributed by atoms with Gasteiger partial charge in [-0.15, -0.1) is 0 Å². The van der Waals surface area contributed by atoms with E-state index in [1.165, 1.54) is 6.92 Å². The van der Waals surface area contributed by atoms with Crippen LogP contribution < -0.4 is 19.6 Å². The Balaban J connectivity index is 1.82. The van der Waals surface area contributed by atoms with Gasteiger partial charge in [-0.25, -0.2) is 4.79 Å². The maximum Gasteiger partial charge on any atom is 0.344 e. The van der Waals surface area contributed by atoms with E-state index in [0.717, 1.165) is 0 Å². The number of fused-ring (bicyclic) bond motifs is 2. The first-order chi connectivity index (χ1) is 14.0. The molecule has 0 saturated heterocycles. The lowest BCUT2D eigenvalue weighted by atomic mass is 10.0. The molecule has 3 aromatic rings. The Bertz CT molecular complexity index is 1150. The number of rotatable bonds is 5. The second kappa shape index (κ2) is 7.50. The quantitative estimate of drug-likeness (QED) is 0.703. The van der Waals surface area contributed by atoms with Crippen molar-refractivity contribution in [1.29, 1.82) is 0 Å². The maximum atomic E-state index is 13.3. The van der Waals surface area contributed by atoms with E-state index in [4.69, 9.17) is 23.7 Å². The van der Waals surface area contributed by atoms with Crippen LogP contribution in [0.5, 0.6) is 17.2 Å². The van der Waals surface area contributed by atoms with Crippen LogP contribution in [-0.4, -0.2) is 30.4 Å². The van der Waals surface area contributed by atoms with Gasteiger partial charge in [0.1, 0.15) is 30.3 Å². The minimum Gasteiger partial charge on any atom is -0.486 e. The molecule has 2 heterocycles. The van der Waals surface area contributed by atoms with Gasteiger partial charge in [-0.05, 0) is 36.8 Å². The number of benzene rings is 2. The molecule has 1 N–H and O–H groups in total. The molecule has 0 spiro atoms. The summed E-state index contributed by atoms with van der Waals surface area (Å²) >= 11 is 0. The van der Waals surface area contributed by atoms with E-state index in [1.54, 1.807) is 30.3 Å². The van der Waals surface area contributed by atoms with E-state index in [1.807, 2.05) is 13.0 Å². The summed E-state index contributed by atoms with van der Waals surface area (Å²) in [6, 6.07) is 10.1. The Hall–Kier alpha value is -3.48. The zero-order valence-electron chi connectivity index (χ0n) is 16.1. The fourth-order valence-electron chi connectivity index (χ4n) is 3.29. The Morgan fingerprint density at radius 1 is 1.14 bits per heavy atom. The van der Waals surface area contributed by atoms with Gasteiger partial charge < -0.3 is 23.7 Å². The average Bonchev–Trinajstić information content (AvgIpc) is 2.73. The maximum absolute atomic E-state index is 13.3. The lowest BCUT2D eigenvalue weighted by Gasteiger charge is -2.19. The van der Waals surface area contributed by atoms with Crippen LogP contribution in [0.25, 0.3) is 22.1 Å². The van der Waals surface area contributed by atoms with Gasteiger partial charge in [-0.1, -0.05) is 13.0 Å². The Kier molecular flexibility index (Phi) is 4.88. The Morgan fingerprint density at radius 3 is 2.62 bits per heavy atom. The summed E-state index contributed by atoms with van der Waals surface area (Å²) in [5.41, 5.74) is 1.35. The highest BCUT2D eigenvalue weighted by atomic mass is 16.6. The number of carboxylic acid groups (broad SMARTS) is 1. The normalized spacial score (nSPS) is 13.9. The van der Waals surface area contributed by atoms with Crippen LogP contribution in [-0.2, 0) is 11.2 Å². The minimum absolute atomic E-state index is 0.169. The molecule has 0 amide bonds. The monoisotopic (exact) mass is 396 g/mol. The first-order valence-corrected chi connectivity index (χ1v) is 9.37. The van der Waals surface area contributed by atoms with Crippen LogP contribution in [0.15, 0.2) is 45.6 Å². The molecule has 150 valence electrons. The standard InChI is InChI=1S/C22H20O7/c1-3-16-20(13-4-7-17-19(10-13)27-9-8-26-17)21(23)15-6-5-14(11-18(15)29-16)28-12(2)22(24)25/h4-7,10-12H,3,8-9H2,1-2H3,(H,24,25). The van der Waals surface area contributed by atoms with E-state index in [-0.39, 0.29) is 5.43 Å². The fraction of sp³-hybridized carbons (Fsp3) is 0.273. The third-order valence-corrected chi connectivity index (χ3v) is 4.75. The zero-order chi connectivity index (χ0) is 20.5. The van der Waals surface area contributed by atoms with Gasteiger partial charge >= 0.3 is 5.97 Å². The van der Waals surface area contributed by atoms with Crippen molar-refractivity contribution in [3.63, 3.8) is 0 Å². The number of ether oxygens (including phenoxy) is 3. The first-order valence-electron chi connectivity index (χ1n) is 9.37. The number of carboxylic acids is 1. The van der Waals surface area contributed by atoms with Crippen molar-refractivity contribution in [1.82, 2.24) is 0 Å². The lowest BCUT2D eigenvalue weighted by Crippen LogP contribution is -2.22. The summed E-state index contributed by atoms with van der Waals surface area (Å²) in [4.78, 5) is 24.3. The number of aryl methyl sites for hydroxylation is 1. The molecule has 0 bridgehead atoms. The highest BCUT2D eigenvalue weighted by Crippen LogP contribution is 2.35. The van der Waals surface area contributed by atoms with Crippen molar-refractivity contribution < 1.29 is 28.5 Å². The molecule has 0 fully saturated rings. The third-order valence-electron chi connectivity index (χ3n) is 4.75. The Morgan fingerprint density at radius 2 is 1.90 bits per heavy atom. The average molecular weight is 396 g/mol. The van der Waals surface area contributed by atoms with Gasteiger partial charge in [0.2, 0.25) is 5.43 Å². The molecule has 1 unspecified atom stereocenters. The number of carbonyl (C=O) groups is 1. The van der Waals surface area contributed by atoms with E-state index < -0.39 is 12.1 Å². The molecule has 1 aliphatic rings. The number of hydrogen-bond donors (Lipinski definition) is 1. The molecular weight excluding hydrogens is 376 g/mol. The van der Waals surface area contributed by atoms with Gasteiger partial charge in [0.05, 0.1) is 10.9 Å². The van der Waals surface area contributed by atoms with Crippen molar-refractivity contribution in [3.8, 4) is 28.4 Å². The fourth-order valence-corrected chi connectivity index (χ4v) is 3.29. The largest absolute Gasteiger partial charge is 0.486 e. The summed E-state index contributed by atoms with van der Waals surface area (Å²) < 4.78 is 22.6. The molecule has 1 aliphatic heterocycles. The van der Waals surface area contributed by atoms with Crippen LogP contribution in [0.1, 0.15) is 19.6 Å². The van der Waals surface area contributed by atoms with Crippen molar-refractivity contribution in [3.05, 3.63) is 52.4 Å². The molecule has 4 rings (SSSR count). The molecule has 0 saturated carbocycles. The van der Waals surface area contributed by atoms with Crippen molar-refractivity contribution >= 4 is 16.9 Å². The number of hydrogen-bond acceptors (Lipinski definition) is 6. The molecule has 2 aromatic carbocycles. The zero-order valence-corrected chi connectivity index (χ0v) is 16.1. The molecule has 7 nitrogen and oxygen atoms in total. The van der Waals surface area contributed by atoms with Crippen LogP contribution in [0.2, 0.25) is 0 Å². The summed E-state index contributed by atoms with van der Waals surface area (Å²) in [5, 5.41) is 9.40. The molecule has 7 heteroatoms. The van der Waals surface area contributed by atoms with Crippen LogP contribution in [0.4, 0.5) is 0 Å². The van der Waals surface area contributed by atoms with Crippen LogP contribution in [0, 0.1) is 0 Å². The summed E-state index contributed by atoms with van der Waals surface area (Å²) in [5.74, 6) is 1.03. The second-order valence-electron chi connectivity index (χ2n) is 6.70. The number of aliphatic carboxylic acids is 1. The van der Waals surface area contributed by atoms with E-state index in [0.29, 0.717) is 64.7 Å². The molecule has 1 aromatic heterocycles. The molecule has 1 atom stereocenters. The highest BCUT2D eigenvalue weighted by molar-refractivity contribution is 5.84. The Labute approximate surface area is 166 Å². The minimum atomic E-state index is -1.07.